The van der Waals surface area contributed by atoms with Crippen LogP contribution in [0.5, 0.6) is 5.75 Å². The summed E-state index contributed by atoms with van der Waals surface area (Å²) in [5.74, 6) is -0.106. The highest BCUT2D eigenvalue weighted by atomic mass is 16.5. The van der Waals surface area contributed by atoms with Crippen LogP contribution in [-0.2, 0) is 11.2 Å². The molecule has 2 aromatic rings. The van der Waals surface area contributed by atoms with Crippen LogP contribution in [0.4, 0.5) is 0 Å². The molecule has 0 aliphatic carbocycles. The fraction of sp³-hybridized carbons (Fsp3) is 0.250. The van der Waals surface area contributed by atoms with Gasteiger partial charge in [-0.2, -0.15) is 0 Å². The number of H-pyrrole nitrogens is 1. The van der Waals surface area contributed by atoms with Gasteiger partial charge in [0, 0.05) is 11.1 Å². The molecule has 4 heteroatoms. The van der Waals surface area contributed by atoms with Crippen molar-refractivity contribution in [1.82, 2.24) is 4.98 Å². The maximum atomic E-state index is 10.7. The number of carbonyl (C=O) groups is 1. The standard InChI is InChI=1S/C12H13NO3/c1-7-8-4-3-5-10(16-2)12(8)13-9(7)6-11(14)15/h3-5,13H,6H2,1-2H3,(H,14,15). The second-order valence-corrected chi connectivity index (χ2v) is 3.68. The molecule has 1 heterocycles. The third-order valence-corrected chi connectivity index (χ3v) is 2.71. The Balaban J connectivity index is 2.62. The second-order valence-electron chi connectivity index (χ2n) is 3.68. The SMILES string of the molecule is COc1cccc2c(C)c(CC(=O)O)[nH]c12. The van der Waals surface area contributed by atoms with Crippen LogP contribution in [0.2, 0.25) is 0 Å². The van der Waals surface area contributed by atoms with E-state index in [1.54, 1.807) is 7.11 Å². The van der Waals surface area contributed by atoms with Gasteiger partial charge in [0.15, 0.2) is 0 Å². The van der Waals surface area contributed by atoms with E-state index in [0.717, 1.165) is 27.9 Å². The van der Waals surface area contributed by atoms with E-state index < -0.39 is 5.97 Å². The molecule has 4 nitrogen and oxygen atoms in total. The Morgan fingerprint density at radius 2 is 2.25 bits per heavy atom. The molecule has 0 atom stereocenters. The average molecular weight is 219 g/mol. The van der Waals surface area contributed by atoms with E-state index in [1.165, 1.54) is 0 Å². The lowest BCUT2D eigenvalue weighted by Crippen LogP contribution is -2.01. The summed E-state index contributed by atoms with van der Waals surface area (Å²) in [7, 11) is 1.60. The number of methoxy groups -OCH3 is 1. The molecule has 1 aromatic carbocycles. The van der Waals surface area contributed by atoms with Crippen LogP contribution in [0, 0.1) is 6.92 Å². The van der Waals surface area contributed by atoms with Crippen molar-refractivity contribution in [3.05, 3.63) is 29.5 Å². The number of aryl methyl sites for hydroxylation is 1. The first-order chi connectivity index (χ1) is 7.63. The highest BCUT2D eigenvalue weighted by molar-refractivity contribution is 5.90. The van der Waals surface area contributed by atoms with Crippen molar-refractivity contribution in [1.29, 1.82) is 0 Å². The van der Waals surface area contributed by atoms with Gasteiger partial charge in [-0.1, -0.05) is 12.1 Å². The number of aromatic nitrogens is 1. The molecule has 2 N–H and O–H groups in total. The van der Waals surface area contributed by atoms with Gasteiger partial charge in [-0.05, 0) is 18.6 Å². The molecule has 16 heavy (non-hydrogen) atoms. The van der Waals surface area contributed by atoms with Gasteiger partial charge in [-0.15, -0.1) is 0 Å². The molecule has 0 unspecified atom stereocenters. The van der Waals surface area contributed by atoms with Crippen LogP contribution < -0.4 is 4.74 Å². The first-order valence-electron chi connectivity index (χ1n) is 4.99. The molecule has 0 radical (unpaired) electrons. The van der Waals surface area contributed by atoms with Gasteiger partial charge < -0.3 is 14.8 Å². The molecule has 0 bridgehead atoms. The molecular formula is C12H13NO3. The zero-order valence-corrected chi connectivity index (χ0v) is 9.20. The lowest BCUT2D eigenvalue weighted by Gasteiger charge is -2.00. The summed E-state index contributed by atoms with van der Waals surface area (Å²) in [6.07, 6.45) is 0.00364. The fourth-order valence-corrected chi connectivity index (χ4v) is 1.88. The minimum absolute atomic E-state index is 0.00364. The van der Waals surface area contributed by atoms with E-state index in [-0.39, 0.29) is 6.42 Å². The van der Waals surface area contributed by atoms with E-state index >= 15 is 0 Å². The Kier molecular flexibility index (Phi) is 2.56. The Morgan fingerprint density at radius 1 is 1.50 bits per heavy atom. The number of ether oxygens (including phenoxy) is 1. The highest BCUT2D eigenvalue weighted by Gasteiger charge is 2.12. The minimum Gasteiger partial charge on any atom is -0.495 e. The van der Waals surface area contributed by atoms with E-state index in [9.17, 15) is 4.79 Å². The number of carboxylic acid groups (broad SMARTS) is 1. The topological polar surface area (TPSA) is 62.3 Å². The Morgan fingerprint density at radius 3 is 2.88 bits per heavy atom. The van der Waals surface area contributed by atoms with E-state index in [4.69, 9.17) is 9.84 Å². The third kappa shape index (κ3) is 1.62. The van der Waals surface area contributed by atoms with Gasteiger partial charge >= 0.3 is 5.97 Å². The van der Waals surface area contributed by atoms with Gasteiger partial charge in [0.25, 0.3) is 0 Å². The zero-order chi connectivity index (χ0) is 11.7. The smallest absolute Gasteiger partial charge is 0.309 e. The number of aliphatic carboxylic acids is 1. The van der Waals surface area contributed by atoms with Crippen LogP contribution in [0.15, 0.2) is 18.2 Å². The van der Waals surface area contributed by atoms with Gasteiger partial charge in [-0.25, -0.2) is 0 Å². The second kappa shape index (κ2) is 3.89. The maximum absolute atomic E-state index is 10.7. The van der Waals surface area contributed by atoms with Crippen molar-refractivity contribution >= 4 is 16.9 Å². The summed E-state index contributed by atoms with van der Waals surface area (Å²) in [6.45, 7) is 1.91. The van der Waals surface area contributed by atoms with Gasteiger partial charge in [-0.3, -0.25) is 4.79 Å². The summed E-state index contributed by atoms with van der Waals surface area (Å²) in [5, 5.41) is 9.80. The summed E-state index contributed by atoms with van der Waals surface area (Å²) in [5.41, 5.74) is 2.56. The number of para-hydroxylation sites is 1. The first kappa shape index (κ1) is 10.5. The molecule has 1 aromatic heterocycles. The maximum Gasteiger partial charge on any atom is 0.309 e. The number of nitrogens with one attached hydrogen (secondary N) is 1. The number of hydrogen-bond donors (Lipinski definition) is 2. The van der Waals surface area contributed by atoms with Crippen molar-refractivity contribution < 1.29 is 14.6 Å². The molecule has 0 aliphatic rings. The Hall–Kier alpha value is -1.97. The molecule has 84 valence electrons. The van der Waals surface area contributed by atoms with E-state index in [2.05, 4.69) is 4.98 Å². The quantitative estimate of drug-likeness (QED) is 0.831. The molecule has 0 saturated heterocycles. The molecule has 0 amide bonds. The number of fused-ring (bicyclic) bond motifs is 1. The van der Waals surface area contributed by atoms with Crippen molar-refractivity contribution in [2.24, 2.45) is 0 Å². The van der Waals surface area contributed by atoms with Gasteiger partial charge in [0.2, 0.25) is 0 Å². The monoisotopic (exact) mass is 219 g/mol. The van der Waals surface area contributed by atoms with Crippen molar-refractivity contribution in [2.45, 2.75) is 13.3 Å². The summed E-state index contributed by atoms with van der Waals surface area (Å²) in [6, 6.07) is 5.70. The van der Waals surface area contributed by atoms with E-state index in [1.807, 2.05) is 25.1 Å². The molecular weight excluding hydrogens is 206 g/mol. The predicted molar refractivity (Wildman–Crippen MR) is 60.9 cm³/mol. The minimum atomic E-state index is -0.839. The van der Waals surface area contributed by atoms with Crippen LogP contribution in [0.1, 0.15) is 11.3 Å². The highest BCUT2D eigenvalue weighted by Crippen LogP contribution is 2.29. The normalized spacial score (nSPS) is 10.6. The van der Waals surface area contributed by atoms with Crippen LogP contribution in [-0.4, -0.2) is 23.2 Å². The van der Waals surface area contributed by atoms with Crippen LogP contribution in [0.3, 0.4) is 0 Å². The number of carboxylic acids is 1. The largest absolute Gasteiger partial charge is 0.495 e. The third-order valence-electron chi connectivity index (χ3n) is 2.71. The lowest BCUT2D eigenvalue weighted by molar-refractivity contribution is -0.136. The van der Waals surface area contributed by atoms with Crippen molar-refractivity contribution in [3.63, 3.8) is 0 Å². The van der Waals surface area contributed by atoms with Crippen molar-refractivity contribution in [2.75, 3.05) is 7.11 Å². The molecule has 0 fully saturated rings. The molecule has 2 rings (SSSR count). The van der Waals surface area contributed by atoms with Gasteiger partial charge in [0.1, 0.15) is 5.75 Å². The number of hydrogen-bond acceptors (Lipinski definition) is 2. The number of aromatic amines is 1. The summed E-state index contributed by atoms with van der Waals surface area (Å²) < 4.78 is 5.22. The Bertz CT molecular complexity index is 542. The molecule has 0 aliphatic heterocycles. The summed E-state index contributed by atoms with van der Waals surface area (Å²) >= 11 is 0. The molecule has 0 saturated carbocycles. The lowest BCUT2D eigenvalue weighted by atomic mass is 10.1. The molecule has 0 spiro atoms. The average Bonchev–Trinajstić information content (AvgIpc) is 2.55. The predicted octanol–water partition coefficient (Wildman–Crippen LogP) is 2.11. The van der Waals surface area contributed by atoms with E-state index in [0.29, 0.717) is 0 Å². The van der Waals surface area contributed by atoms with Crippen LogP contribution >= 0.6 is 0 Å². The zero-order valence-electron chi connectivity index (χ0n) is 9.20. The Labute approximate surface area is 92.9 Å². The first-order valence-corrected chi connectivity index (χ1v) is 4.99. The van der Waals surface area contributed by atoms with Crippen molar-refractivity contribution in [3.8, 4) is 5.75 Å². The van der Waals surface area contributed by atoms with Crippen LogP contribution in [0.25, 0.3) is 10.9 Å². The number of benzene rings is 1. The fourth-order valence-electron chi connectivity index (χ4n) is 1.88. The van der Waals surface area contributed by atoms with Gasteiger partial charge in [0.05, 0.1) is 19.0 Å². The number of rotatable bonds is 3. The summed E-state index contributed by atoms with van der Waals surface area (Å²) in [4.78, 5) is 13.8.